The van der Waals surface area contributed by atoms with Gasteiger partial charge in [-0.3, -0.25) is 0 Å². The lowest BCUT2D eigenvalue weighted by Gasteiger charge is -2.14. The van der Waals surface area contributed by atoms with Crippen LogP contribution in [0.4, 0.5) is 8.78 Å². The third-order valence-electron chi connectivity index (χ3n) is 3.73. The molecule has 0 saturated heterocycles. The van der Waals surface area contributed by atoms with E-state index in [1.165, 1.54) is 25.0 Å². The molecule has 3 nitrogen and oxygen atoms in total. The lowest BCUT2D eigenvalue weighted by atomic mass is 10.1. The highest BCUT2D eigenvalue weighted by atomic mass is 19.1. The summed E-state index contributed by atoms with van der Waals surface area (Å²) in [6.07, 6.45) is 4.21. The molecule has 0 atom stereocenters. The van der Waals surface area contributed by atoms with Gasteiger partial charge in [0.25, 0.3) is 0 Å². The van der Waals surface area contributed by atoms with Crippen molar-refractivity contribution in [2.45, 2.75) is 45.2 Å². The fourth-order valence-corrected chi connectivity index (χ4v) is 2.53. The van der Waals surface area contributed by atoms with Gasteiger partial charge in [-0.25, -0.2) is 13.5 Å². The van der Waals surface area contributed by atoms with Crippen LogP contribution in [-0.4, -0.2) is 15.8 Å². The molecule has 0 spiro atoms. The summed E-state index contributed by atoms with van der Waals surface area (Å²) in [5.41, 5.74) is 2.33. The van der Waals surface area contributed by atoms with Crippen molar-refractivity contribution in [1.82, 2.24) is 15.1 Å². The molecular weight excluding hydrogens is 272 g/mol. The van der Waals surface area contributed by atoms with Crippen molar-refractivity contribution in [3.05, 3.63) is 47.3 Å². The van der Waals surface area contributed by atoms with Crippen molar-refractivity contribution in [3.63, 3.8) is 0 Å². The minimum absolute atomic E-state index is 0.202. The van der Waals surface area contributed by atoms with E-state index in [1.807, 2.05) is 0 Å². The highest BCUT2D eigenvalue weighted by Gasteiger charge is 2.23. The predicted octanol–water partition coefficient (Wildman–Crippen LogP) is 3.53. The maximum absolute atomic E-state index is 14.0. The summed E-state index contributed by atoms with van der Waals surface area (Å²) in [5, 5.41) is 7.76. The van der Waals surface area contributed by atoms with Crippen molar-refractivity contribution in [3.8, 4) is 5.69 Å². The molecule has 1 aromatic carbocycles. The summed E-state index contributed by atoms with van der Waals surface area (Å²) >= 11 is 0. The Kier molecular flexibility index (Phi) is 3.76. The van der Waals surface area contributed by atoms with Crippen LogP contribution in [0.5, 0.6) is 0 Å². The molecular formula is C16H19F2N3. The van der Waals surface area contributed by atoms with E-state index in [9.17, 15) is 8.78 Å². The Labute approximate surface area is 123 Å². The van der Waals surface area contributed by atoms with E-state index in [1.54, 1.807) is 10.9 Å². The molecule has 1 aliphatic rings. The van der Waals surface area contributed by atoms with Gasteiger partial charge in [0, 0.05) is 24.2 Å². The second-order valence-electron chi connectivity index (χ2n) is 5.87. The zero-order chi connectivity index (χ0) is 15.0. The van der Waals surface area contributed by atoms with Crippen LogP contribution in [0.25, 0.3) is 5.69 Å². The molecule has 0 bridgehead atoms. The van der Waals surface area contributed by atoms with Gasteiger partial charge in [0.05, 0.1) is 11.9 Å². The molecule has 1 heterocycles. The van der Waals surface area contributed by atoms with Gasteiger partial charge in [0.15, 0.2) is 5.82 Å². The van der Waals surface area contributed by atoms with Gasteiger partial charge < -0.3 is 5.32 Å². The largest absolute Gasteiger partial charge is 0.310 e. The number of benzene rings is 1. The lowest BCUT2D eigenvalue weighted by Crippen LogP contribution is -2.17. The van der Waals surface area contributed by atoms with E-state index in [0.717, 1.165) is 23.9 Å². The zero-order valence-corrected chi connectivity index (χ0v) is 12.2. The minimum Gasteiger partial charge on any atom is -0.310 e. The van der Waals surface area contributed by atoms with Gasteiger partial charge in [-0.1, -0.05) is 13.8 Å². The third kappa shape index (κ3) is 2.97. The third-order valence-corrected chi connectivity index (χ3v) is 3.73. The second-order valence-corrected chi connectivity index (χ2v) is 5.87. The van der Waals surface area contributed by atoms with E-state index in [0.29, 0.717) is 6.04 Å². The van der Waals surface area contributed by atoms with Crippen LogP contribution in [0, 0.1) is 11.6 Å². The van der Waals surface area contributed by atoms with Gasteiger partial charge in [-0.15, -0.1) is 0 Å². The number of aromatic nitrogens is 2. The number of nitrogens with zero attached hydrogens (tertiary/aromatic N) is 2. The maximum Gasteiger partial charge on any atom is 0.151 e. The van der Waals surface area contributed by atoms with Crippen LogP contribution in [-0.2, 0) is 6.54 Å². The predicted molar refractivity (Wildman–Crippen MR) is 77.4 cm³/mol. The highest BCUT2D eigenvalue weighted by molar-refractivity contribution is 5.38. The molecule has 2 aromatic rings. The quantitative estimate of drug-likeness (QED) is 0.913. The second kappa shape index (κ2) is 5.56. The molecule has 0 amide bonds. The van der Waals surface area contributed by atoms with Gasteiger partial charge in [-0.05, 0) is 30.9 Å². The van der Waals surface area contributed by atoms with Crippen molar-refractivity contribution < 1.29 is 8.78 Å². The van der Waals surface area contributed by atoms with E-state index in [4.69, 9.17) is 0 Å². The maximum atomic E-state index is 14.0. The molecule has 3 rings (SSSR count). The van der Waals surface area contributed by atoms with Gasteiger partial charge in [-0.2, -0.15) is 5.10 Å². The smallest absolute Gasteiger partial charge is 0.151 e. The average molecular weight is 291 g/mol. The zero-order valence-electron chi connectivity index (χ0n) is 12.2. The van der Waals surface area contributed by atoms with Crippen molar-refractivity contribution in [2.24, 2.45) is 0 Å². The Balaban J connectivity index is 1.96. The van der Waals surface area contributed by atoms with Gasteiger partial charge >= 0.3 is 0 Å². The van der Waals surface area contributed by atoms with Crippen molar-refractivity contribution >= 4 is 0 Å². The van der Waals surface area contributed by atoms with Crippen molar-refractivity contribution in [1.29, 1.82) is 0 Å². The SMILES string of the molecule is CC(C)c1c(CNC2CC2)cnn1-c1ccc(F)cc1F. The molecule has 1 fully saturated rings. The molecule has 0 unspecified atom stereocenters. The molecule has 1 saturated carbocycles. The molecule has 5 heteroatoms. The summed E-state index contributed by atoms with van der Waals surface area (Å²) in [6.45, 7) is 4.84. The first-order valence-corrected chi connectivity index (χ1v) is 7.32. The van der Waals surface area contributed by atoms with E-state index in [-0.39, 0.29) is 11.6 Å². The number of nitrogens with one attached hydrogen (secondary N) is 1. The first kappa shape index (κ1) is 14.2. The summed E-state index contributed by atoms with van der Waals surface area (Å²) in [6, 6.07) is 4.19. The molecule has 1 aliphatic carbocycles. The van der Waals surface area contributed by atoms with Crippen LogP contribution in [0.1, 0.15) is 43.9 Å². The van der Waals surface area contributed by atoms with E-state index in [2.05, 4.69) is 24.3 Å². The van der Waals surface area contributed by atoms with Crippen LogP contribution >= 0.6 is 0 Å². The average Bonchev–Trinajstić information content (AvgIpc) is 3.15. The molecule has 0 radical (unpaired) electrons. The van der Waals surface area contributed by atoms with Crippen LogP contribution in [0.15, 0.2) is 24.4 Å². The highest BCUT2D eigenvalue weighted by Crippen LogP contribution is 2.26. The summed E-state index contributed by atoms with van der Waals surface area (Å²) < 4.78 is 28.6. The summed E-state index contributed by atoms with van der Waals surface area (Å²) in [5.74, 6) is -0.972. The van der Waals surface area contributed by atoms with Gasteiger partial charge in [0.1, 0.15) is 11.5 Å². The lowest BCUT2D eigenvalue weighted by molar-refractivity contribution is 0.568. The number of halogens is 2. The number of hydrogen-bond acceptors (Lipinski definition) is 2. The fraction of sp³-hybridized carbons (Fsp3) is 0.438. The monoisotopic (exact) mass is 291 g/mol. The first-order chi connectivity index (χ1) is 10.1. The topological polar surface area (TPSA) is 29.9 Å². The standard InChI is InChI=1S/C16H19F2N3/c1-10(2)16-11(8-19-13-4-5-13)9-20-21(16)15-6-3-12(17)7-14(15)18/h3,6-7,9-10,13,19H,4-5,8H2,1-2H3. The summed E-state index contributed by atoms with van der Waals surface area (Å²) in [4.78, 5) is 0. The Morgan fingerprint density at radius 1 is 1.33 bits per heavy atom. The van der Waals surface area contributed by atoms with Crippen molar-refractivity contribution in [2.75, 3.05) is 0 Å². The molecule has 112 valence electrons. The minimum atomic E-state index is -0.596. The van der Waals surface area contributed by atoms with Gasteiger partial charge in [0.2, 0.25) is 0 Å². The Morgan fingerprint density at radius 2 is 2.10 bits per heavy atom. The summed E-state index contributed by atoms with van der Waals surface area (Å²) in [7, 11) is 0. The van der Waals surface area contributed by atoms with Crippen LogP contribution < -0.4 is 5.32 Å². The van der Waals surface area contributed by atoms with E-state index >= 15 is 0 Å². The number of rotatable bonds is 5. The molecule has 1 aromatic heterocycles. The first-order valence-electron chi connectivity index (χ1n) is 7.32. The molecule has 1 N–H and O–H groups in total. The Morgan fingerprint density at radius 3 is 2.71 bits per heavy atom. The number of hydrogen-bond donors (Lipinski definition) is 1. The molecule has 21 heavy (non-hydrogen) atoms. The Bertz CT molecular complexity index is 645. The van der Waals surface area contributed by atoms with E-state index < -0.39 is 11.6 Å². The molecule has 0 aliphatic heterocycles. The van der Waals surface area contributed by atoms with Crippen LogP contribution in [0.2, 0.25) is 0 Å². The Hall–Kier alpha value is -1.75. The fourth-order valence-electron chi connectivity index (χ4n) is 2.53. The normalized spacial score (nSPS) is 14.9. The van der Waals surface area contributed by atoms with Crippen LogP contribution in [0.3, 0.4) is 0 Å².